The molecule has 4 nitrogen and oxygen atoms in total. The average molecular weight is 300 g/mol. The van der Waals surface area contributed by atoms with Crippen LogP contribution in [-0.4, -0.2) is 35.3 Å². The molecule has 2 aliphatic heterocycles. The number of nitrogens with one attached hydrogen (secondary N) is 1. The Kier molecular flexibility index (Phi) is 4.25. The first kappa shape index (κ1) is 14.6. The summed E-state index contributed by atoms with van der Waals surface area (Å²) < 4.78 is 0. The van der Waals surface area contributed by atoms with Crippen LogP contribution in [0.25, 0.3) is 0 Å². The molecule has 1 saturated carbocycles. The molecule has 3 N–H and O–H groups in total. The summed E-state index contributed by atoms with van der Waals surface area (Å²) in [5.74, 6) is 6.72. The van der Waals surface area contributed by atoms with Crippen LogP contribution in [0, 0.1) is 17.8 Å². The van der Waals surface area contributed by atoms with Gasteiger partial charge in [-0.15, -0.1) is 11.6 Å². The third kappa shape index (κ3) is 2.46. The van der Waals surface area contributed by atoms with Crippen LogP contribution in [0.15, 0.2) is 0 Å². The maximum atomic E-state index is 12.3. The summed E-state index contributed by atoms with van der Waals surface area (Å²) in [5.41, 5.74) is 2.42. The van der Waals surface area contributed by atoms with Gasteiger partial charge < -0.3 is 0 Å². The maximum Gasteiger partial charge on any atom is 0.238 e. The Morgan fingerprint density at radius 3 is 2.55 bits per heavy atom. The minimum Gasteiger partial charge on any atom is -0.300 e. The van der Waals surface area contributed by atoms with Crippen LogP contribution >= 0.6 is 11.6 Å². The monoisotopic (exact) mass is 299 g/mol. The Hall–Kier alpha value is -0.320. The third-order valence-electron chi connectivity index (χ3n) is 6.07. The van der Waals surface area contributed by atoms with E-state index in [4.69, 9.17) is 17.4 Å². The van der Waals surface area contributed by atoms with Gasteiger partial charge in [-0.2, -0.15) is 0 Å². The molecule has 3 rings (SSSR count). The molecule has 0 aromatic rings. The lowest BCUT2D eigenvalue weighted by molar-refractivity contribution is -0.133. The van der Waals surface area contributed by atoms with Gasteiger partial charge in [-0.3, -0.25) is 15.1 Å². The summed E-state index contributed by atoms with van der Waals surface area (Å²) in [6.45, 7) is 0. The number of hydrogen-bond acceptors (Lipinski definition) is 3. The van der Waals surface area contributed by atoms with Crippen LogP contribution in [0.5, 0.6) is 0 Å². The van der Waals surface area contributed by atoms with Gasteiger partial charge in [0, 0.05) is 17.5 Å². The summed E-state index contributed by atoms with van der Waals surface area (Å²) in [6.07, 6.45) is 8.09. The molecule has 2 saturated heterocycles. The van der Waals surface area contributed by atoms with Crippen molar-refractivity contribution < 1.29 is 4.79 Å². The zero-order chi connectivity index (χ0) is 14.3. The van der Waals surface area contributed by atoms with Crippen molar-refractivity contribution in [1.29, 1.82) is 0 Å². The molecule has 114 valence electrons. The van der Waals surface area contributed by atoms with Crippen molar-refractivity contribution in [2.45, 2.75) is 62.4 Å². The van der Waals surface area contributed by atoms with Crippen molar-refractivity contribution in [2.24, 2.45) is 23.6 Å². The van der Waals surface area contributed by atoms with E-state index in [1.807, 2.05) is 0 Å². The molecule has 0 spiro atoms. The molecule has 3 aliphatic rings. The van der Waals surface area contributed by atoms with Crippen LogP contribution < -0.4 is 11.3 Å². The zero-order valence-corrected chi connectivity index (χ0v) is 13.0. The van der Waals surface area contributed by atoms with Gasteiger partial charge in [0.15, 0.2) is 0 Å². The van der Waals surface area contributed by atoms with E-state index in [1.165, 1.54) is 19.3 Å². The molecule has 2 heterocycles. The minimum atomic E-state index is 0.0418. The zero-order valence-electron chi connectivity index (χ0n) is 12.2. The highest BCUT2D eigenvalue weighted by Gasteiger charge is 2.50. The first-order valence-corrected chi connectivity index (χ1v) is 8.42. The van der Waals surface area contributed by atoms with Crippen molar-refractivity contribution in [2.75, 3.05) is 7.05 Å². The predicted molar refractivity (Wildman–Crippen MR) is 80.1 cm³/mol. The largest absolute Gasteiger partial charge is 0.300 e. The highest BCUT2D eigenvalue weighted by molar-refractivity contribution is 6.20. The van der Waals surface area contributed by atoms with Crippen molar-refractivity contribution in [3.63, 3.8) is 0 Å². The van der Waals surface area contributed by atoms with Gasteiger partial charge in [-0.25, -0.2) is 5.84 Å². The van der Waals surface area contributed by atoms with Gasteiger partial charge in [0.05, 0.1) is 5.92 Å². The summed E-state index contributed by atoms with van der Waals surface area (Å²) in [7, 11) is 2.17. The van der Waals surface area contributed by atoms with Gasteiger partial charge in [0.1, 0.15) is 0 Å². The van der Waals surface area contributed by atoms with E-state index >= 15 is 0 Å². The number of rotatable bonds is 2. The number of carbonyl (C=O) groups excluding carboxylic acids is 1. The molecule has 4 atom stereocenters. The van der Waals surface area contributed by atoms with E-state index in [-0.39, 0.29) is 11.8 Å². The van der Waals surface area contributed by atoms with Gasteiger partial charge in [0.25, 0.3) is 0 Å². The molecule has 1 amide bonds. The number of nitrogens with two attached hydrogens (primary N) is 1. The Morgan fingerprint density at radius 1 is 1.20 bits per heavy atom. The molecule has 0 radical (unpaired) electrons. The Balaban J connectivity index is 1.79. The SMILES string of the molecule is CN1C2CC[C@@H]1C[C@H](C1CCC(Cl)CC1)C2C(=O)NN. The predicted octanol–water partition coefficient (Wildman–Crippen LogP) is 1.87. The second-order valence-corrected chi connectivity index (χ2v) is 7.53. The first-order valence-electron chi connectivity index (χ1n) is 7.98. The third-order valence-corrected chi connectivity index (χ3v) is 6.50. The Bertz CT molecular complexity index is 370. The Morgan fingerprint density at radius 2 is 1.90 bits per heavy atom. The number of fused-ring (bicyclic) bond motifs is 2. The number of hydrazine groups is 1. The van der Waals surface area contributed by atoms with E-state index in [9.17, 15) is 4.79 Å². The highest BCUT2D eigenvalue weighted by Crippen LogP contribution is 2.48. The lowest BCUT2D eigenvalue weighted by atomic mass is 9.68. The van der Waals surface area contributed by atoms with Crippen LogP contribution in [0.4, 0.5) is 0 Å². The van der Waals surface area contributed by atoms with E-state index in [0.29, 0.717) is 29.3 Å². The number of alkyl halides is 1. The molecule has 2 bridgehead atoms. The fraction of sp³-hybridized carbons (Fsp3) is 0.933. The summed E-state index contributed by atoms with van der Waals surface area (Å²) in [6, 6.07) is 1.05. The second-order valence-electron chi connectivity index (χ2n) is 6.91. The van der Waals surface area contributed by atoms with Crippen LogP contribution in [0.2, 0.25) is 0 Å². The fourth-order valence-electron chi connectivity index (χ4n) is 4.96. The standard InChI is InChI=1S/C15H26ClN3O/c1-19-11-6-7-13(19)14(15(20)18-17)12(8-11)9-2-4-10(16)5-3-9/h9-14H,2-8,17H2,1H3,(H,18,20)/t9?,10?,11-,12-,13?,14?/m1/s1. The van der Waals surface area contributed by atoms with Gasteiger partial charge >= 0.3 is 0 Å². The normalized spacial score (nSPS) is 45.4. The van der Waals surface area contributed by atoms with Crippen molar-refractivity contribution >= 4 is 17.5 Å². The number of amides is 1. The van der Waals surface area contributed by atoms with Gasteiger partial charge in [-0.1, -0.05) is 0 Å². The number of halogens is 1. The molecular formula is C15H26ClN3O. The molecule has 5 heteroatoms. The molecule has 20 heavy (non-hydrogen) atoms. The van der Waals surface area contributed by atoms with E-state index in [0.717, 1.165) is 25.7 Å². The smallest absolute Gasteiger partial charge is 0.238 e. The molecule has 1 aliphatic carbocycles. The molecule has 0 aromatic heterocycles. The first-order chi connectivity index (χ1) is 9.61. The van der Waals surface area contributed by atoms with Gasteiger partial charge in [-0.05, 0) is 63.8 Å². The summed E-state index contributed by atoms with van der Waals surface area (Å²) in [4.78, 5) is 14.7. The van der Waals surface area contributed by atoms with E-state index in [2.05, 4.69) is 17.4 Å². The number of hydrogen-bond donors (Lipinski definition) is 2. The number of nitrogens with zero attached hydrogens (tertiary/aromatic N) is 1. The quantitative estimate of drug-likeness (QED) is 0.354. The lowest BCUT2D eigenvalue weighted by Gasteiger charge is -2.46. The fourth-order valence-corrected chi connectivity index (χ4v) is 5.21. The Labute approximate surface area is 126 Å². The molecule has 2 unspecified atom stereocenters. The topological polar surface area (TPSA) is 58.4 Å². The number of piperidine rings is 1. The van der Waals surface area contributed by atoms with E-state index in [1.54, 1.807) is 0 Å². The van der Waals surface area contributed by atoms with Crippen molar-refractivity contribution in [3.8, 4) is 0 Å². The average Bonchev–Trinajstić information content (AvgIpc) is 2.70. The highest BCUT2D eigenvalue weighted by atomic mass is 35.5. The minimum absolute atomic E-state index is 0.0418. The van der Waals surface area contributed by atoms with Gasteiger partial charge in [0.2, 0.25) is 5.91 Å². The molecule has 0 aromatic carbocycles. The number of carbonyl (C=O) groups is 1. The molecule has 3 fully saturated rings. The second kappa shape index (κ2) is 5.82. The molecular weight excluding hydrogens is 274 g/mol. The van der Waals surface area contributed by atoms with E-state index < -0.39 is 0 Å². The van der Waals surface area contributed by atoms with Crippen molar-refractivity contribution in [1.82, 2.24) is 10.3 Å². The lowest BCUT2D eigenvalue weighted by Crippen LogP contribution is -2.55. The maximum absolute atomic E-state index is 12.3. The van der Waals surface area contributed by atoms with Crippen LogP contribution in [-0.2, 0) is 4.79 Å². The van der Waals surface area contributed by atoms with Crippen LogP contribution in [0.1, 0.15) is 44.9 Å². The van der Waals surface area contributed by atoms with Crippen molar-refractivity contribution in [3.05, 3.63) is 0 Å². The van der Waals surface area contributed by atoms with Crippen LogP contribution in [0.3, 0.4) is 0 Å². The summed E-state index contributed by atoms with van der Waals surface area (Å²) in [5, 5.41) is 0.344. The summed E-state index contributed by atoms with van der Waals surface area (Å²) >= 11 is 6.23.